The molecule has 2 aliphatic rings. The summed E-state index contributed by atoms with van der Waals surface area (Å²) >= 11 is 5.94. The molecule has 1 aliphatic heterocycles. The first-order valence-electron chi connectivity index (χ1n) is 11.0. The minimum atomic E-state index is -3.84. The van der Waals surface area contributed by atoms with Gasteiger partial charge in [0, 0.05) is 37.4 Å². The summed E-state index contributed by atoms with van der Waals surface area (Å²) in [4.78, 5) is 17.6. The molecule has 6 nitrogen and oxygen atoms in total. The molecule has 8 heteroatoms. The number of morpholine rings is 1. The maximum absolute atomic E-state index is 13.6. The van der Waals surface area contributed by atoms with Crippen LogP contribution in [0.15, 0.2) is 53.4 Å². The van der Waals surface area contributed by atoms with Crippen molar-refractivity contribution in [1.82, 2.24) is 4.90 Å². The van der Waals surface area contributed by atoms with Gasteiger partial charge in [-0.25, -0.2) is 8.42 Å². The number of amides is 1. The van der Waals surface area contributed by atoms with E-state index in [1.54, 1.807) is 24.1 Å². The Hall–Kier alpha value is -2.09. The number of anilines is 1. The average Bonchev–Trinajstić information content (AvgIpc) is 3.32. The molecular weight excluding hydrogens is 448 g/mol. The molecule has 1 saturated heterocycles. The van der Waals surface area contributed by atoms with Crippen molar-refractivity contribution in [3.8, 4) is 0 Å². The number of nitrogens with zero attached hydrogens (tertiary/aromatic N) is 2. The monoisotopic (exact) mass is 476 g/mol. The molecule has 0 spiro atoms. The molecule has 1 saturated carbocycles. The van der Waals surface area contributed by atoms with Crippen LogP contribution < -0.4 is 4.90 Å². The molecule has 0 bridgehead atoms. The van der Waals surface area contributed by atoms with Gasteiger partial charge in [0.05, 0.1) is 18.1 Å². The zero-order valence-electron chi connectivity index (χ0n) is 18.3. The molecular formula is C24H29ClN2O4S. The number of benzene rings is 2. The van der Waals surface area contributed by atoms with Crippen LogP contribution in [0.25, 0.3) is 0 Å². The first-order chi connectivity index (χ1) is 15.3. The minimum absolute atomic E-state index is 0.153. The fourth-order valence-corrected chi connectivity index (χ4v) is 6.99. The summed E-state index contributed by atoms with van der Waals surface area (Å²) in [5.74, 6) is -0.331. The van der Waals surface area contributed by atoms with Crippen LogP contribution in [0.1, 0.15) is 31.2 Å². The number of ether oxygens (including phenoxy) is 1. The fraction of sp³-hybridized carbons (Fsp3) is 0.458. The fourth-order valence-electron chi connectivity index (χ4n) is 4.71. The zero-order valence-corrected chi connectivity index (χ0v) is 19.9. The van der Waals surface area contributed by atoms with Crippen LogP contribution in [0.2, 0.25) is 5.02 Å². The van der Waals surface area contributed by atoms with Gasteiger partial charge < -0.3 is 14.5 Å². The van der Waals surface area contributed by atoms with Crippen LogP contribution in [0.4, 0.5) is 5.69 Å². The third-order valence-corrected chi connectivity index (χ3v) is 9.27. The number of hydrogen-bond donors (Lipinski definition) is 0. The Kier molecular flexibility index (Phi) is 6.79. The molecule has 0 radical (unpaired) electrons. The lowest BCUT2D eigenvalue weighted by Gasteiger charge is -2.32. The van der Waals surface area contributed by atoms with Gasteiger partial charge in [0.1, 0.15) is 0 Å². The maximum Gasteiger partial charge on any atom is 0.244 e. The second kappa shape index (κ2) is 9.41. The maximum atomic E-state index is 13.6. The highest BCUT2D eigenvalue weighted by atomic mass is 35.5. The summed E-state index contributed by atoms with van der Waals surface area (Å²) in [7, 11) is -2.15. The summed E-state index contributed by atoms with van der Waals surface area (Å²) in [6.07, 6.45) is 2.13. The van der Waals surface area contributed by atoms with E-state index in [4.69, 9.17) is 16.3 Å². The molecule has 0 unspecified atom stereocenters. The Morgan fingerprint density at radius 1 is 1.03 bits per heavy atom. The van der Waals surface area contributed by atoms with Crippen molar-refractivity contribution >= 4 is 33.0 Å². The van der Waals surface area contributed by atoms with Gasteiger partial charge in [-0.2, -0.15) is 0 Å². The average molecular weight is 477 g/mol. The molecule has 1 aliphatic carbocycles. The van der Waals surface area contributed by atoms with Crippen LogP contribution in [-0.2, 0) is 25.9 Å². The van der Waals surface area contributed by atoms with E-state index in [1.807, 2.05) is 12.1 Å². The van der Waals surface area contributed by atoms with Crippen molar-refractivity contribution in [1.29, 1.82) is 0 Å². The third kappa shape index (κ3) is 4.38. The molecule has 4 rings (SSSR count). The Balaban J connectivity index is 1.52. The highest BCUT2D eigenvalue weighted by molar-refractivity contribution is 7.93. The molecule has 32 heavy (non-hydrogen) atoms. The SMILES string of the molecule is CN(Cc1ccc(N2CCOCC2)cc1)C(=O)C1(S(=O)(=O)c2ccc(Cl)cc2)CCCC1. The molecule has 0 N–H and O–H groups in total. The van der Waals surface area contributed by atoms with Gasteiger partial charge in [0.15, 0.2) is 14.6 Å². The van der Waals surface area contributed by atoms with Gasteiger partial charge in [-0.3, -0.25) is 4.79 Å². The molecule has 0 atom stereocenters. The van der Waals surface area contributed by atoms with E-state index < -0.39 is 14.6 Å². The van der Waals surface area contributed by atoms with Crippen molar-refractivity contribution in [3.05, 3.63) is 59.1 Å². The van der Waals surface area contributed by atoms with Gasteiger partial charge in [0.25, 0.3) is 0 Å². The van der Waals surface area contributed by atoms with E-state index in [0.717, 1.165) is 50.4 Å². The zero-order chi connectivity index (χ0) is 22.8. The normalized spacial score (nSPS) is 18.5. The summed E-state index contributed by atoms with van der Waals surface area (Å²) in [6, 6.07) is 14.2. The summed E-state index contributed by atoms with van der Waals surface area (Å²) in [6.45, 7) is 3.54. The van der Waals surface area contributed by atoms with E-state index in [2.05, 4.69) is 17.0 Å². The standard InChI is InChI=1S/C24H29ClN2O4S/c1-26(18-19-4-8-21(9-5-19)27-14-16-31-17-15-27)23(28)24(12-2-3-13-24)32(29,30)22-10-6-20(25)7-11-22/h4-11H,2-3,12-18H2,1H3. The predicted octanol–water partition coefficient (Wildman–Crippen LogP) is 3.92. The van der Waals surface area contributed by atoms with Crippen LogP contribution in [-0.4, -0.2) is 57.3 Å². The van der Waals surface area contributed by atoms with Crippen LogP contribution >= 0.6 is 11.6 Å². The molecule has 2 fully saturated rings. The lowest BCUT2D eigenvalue weighted by atomic mass is 10.0. The minimum Gasteiger partial charge on any atom is -0.378 e. The van der Waals surface area contributed by atoms with Crippen molar-refractivity contribution in [2.24, 2.45) is 0 Å². The van der Waals surface area contributed by atoms with E-state index in [0.29, 0.717) is 24.4 Å². The second-order valence-corrected chi connectivity index (χ2v) is 11.3. The van der Waals surface area contributed by atoms with Gasteiger partial charge in [-0.15, -0.1) is 0 Å². The lowest BCUT2D eigenvalue weighted by molar-refractivity contribution is -0.133. The van der Waals surface area contributed by atoms with Crippen molar-refractivity contribution in [2.75, 3.05) is 38.3 Å². The van der Waals surface area contributed by atoms with Crippen molar-refractivity contribution < 1.29 is 17.9 Å². The predicted molar refractivity (Wildman–Crippen MR) is 126 cm³/mol. The van der Waals surface area contributed by atoms with Crippen LogP contribution in [0.5, 0.6) is 0 Å². The molecule has 0 aromatic heterocycles. The van der Waals surface area contributed by atoms with E-state index in [9.17, 15) is 13.2 Å². The van der Waals surface area contributed by atoms with Crippen molar-refractivity contribution in [2.45, 2.75) is 41.9 Å². The van der Waals surface area contributed by atoms with Gasteiger partial charge in [-0.1, -0.05) is 36.6 Å². The van der Waals surface area contributed by atoms with Crippen molar-refractivity contribution in [3.63, 3.8) is 0 Å². The summed E-state index contributed by atoms with van der Waals surface area (Å²) in [5.41, 5.74) is 2.10. The lowest BCUT2D eigenvalue weighted by Crippen LogP contribution is -2.50. The first-order valence-corrected chi connectivity index (χ1v) is 12.9. The number of rotatable bonds is 6. The molecule has 172 valence electrons. The number of halogens is 1. The number of hydrogen-bond acceptors (Lipinski definition) is 5. The second-order valence-electron chi connectivity index (χ2n) is 8.59. The largest absolute Gasteiger partial charge is 0.378 e. The first kappa shape index (κ1) is 23.1. The van der Waals surface area contributed by atoms with E-state index >= 15 is 0 Å². The topological polar surface area (TPSA) is 66.9 Å². The third-order valence-electron chi connectivity index (χ3n) is 6.52. The summed E-state index contributed by atoms with van der Waals surface area (Å²) < 4.78 is 31.2. The smallest absolute Gasteiger partial charge is 0.244 e. The van der Waals surface area contributed by atoms with Gasteiger partial charge in [-0.05, 0) is 54.8 Å². The molecule has 2 aromatic carbocycles. The highest BCUT2D eigenvalue weighted by Crippen LogP contribution is 2.42. The Bertz CT molecular complexity index is 1040. The number of carbonyl (C=O) groups excluding carboxylic acids is 1. The summed E-state index contributed by atoms with van der Waals surface area (Å²) in [5, 5.41) is 0.466. The van der Waals surface area contributed by atoms with Gasteiger partial charge in [0.2, 0.25) is 5.91 Å². The highest BCUT2D eigenvalue weighted by Gasteiger charge is 2.54. The van der Waals surface area contributed by atoms with E-state index in [1.165, 1.54) is 12.1 Å². The van der Waals surface area contributed by atoms with E-state index in [-0.39, 0.29) is 10.8 Å². The van der Waals surface area contributed by atoms with Crippen LogP contribution in [0.3, 0.4) is 0 Å². The quantitative estimate of drug-likeness (QED) is 0.632. The molecule has 1 amide bonds. The molecule has 1 heterocycles. The van der Waals surface area contributed by atoms with Crippen LogP contribution in [0, 0.1) is 0 Å². The Labute approximate surface area is 195 Å². The van der Waals surface area contributed by atoms with Gasteiger partial charge >= 0.3 is 0 Å². The Morgan fingerprint density at radius 3 is 2.22 bits per heavy atom. The molecule has 2 aromatic rings. The Morgan fingerprint density at radius 2 is 1.62 bits per heavy atom. The number of carbonyl (C=O) groups is 1. The number of sulfone groups is 1.